The Balaban J connectivity index is 3.07. The normalized spacial score (nSPS) is 10.0. The van der Waals surface area contributed by atoms with Crippen LogP contribution in [0.15, 0.2) is 12.1 Å². The lowest BCUT2D eigenvalue weighted by atomic mass is 10.1. The Morgan fingerprint density at radius 1 is 1.43 bits per heavy atom. The van der Waals surface area contributed by atoms with Crippen LogP contribution in [0, 0.1) is 6.92 Å². The van der Waals surface area contributed by atoms with Crippen molar-refractivity contribution in [3.05, 3.63) is 23.4 Å². The van der Waals surface area contributed by atoms with E-state index < -0.39 is 0 Å². The summed E-state index contributed by atoms with van der Waals surface area (Å²) >= 11 is 0. The van der Waals surface area contributed by atoms with E-state index >= 15 is 0 Å². The van der Waals surface area contributed by atoms with Gasteiger partial charge >= 0.3 is 0 Å². The van der Waals surface area contributed by atoms with Crippen LogP contribution in [0.5, 0.6) is 0 Å². The minimum Gasteiger partial charge on any atom is -0.363 e. The second-order valence-electron chi connectivity index (χ2n) is 3.47. The molecule has 0 atom stereocenters. The fraction of sp³-hybridized carbons (Fsp3) is 0.455. The molecule has 0 bridgehead atoms. The summed E-state index contributed by atoms with van der Waals surface area (Å²) in [4.78, 5) is 17.7. The summed E-state index contributed by atoms with van der Waals surface area (Å²) in [7, 11) is 3.87. The molecule has 0 aliphatic carbocycles. The van der Waals surface area contributed by atoms with Crippen LogP contribution in [0.4, 0.5) is 5.82 Å². The van der Waals surface area contributed by atoms with Crippen LogP contribution in [-0.4, -0.2) is 24.9 Å². The first-order chi connectivity index (χ1) is 6.56. The number of carbonyl (C=O) groups is 1. The number of hydrogen-bond acceptors (Lipinski definition) is 3. The monoisotopic (exact) mass is 192 g/mol. The van der Waals surface area contributed by atoms with Gasteiger partial charge < -0.3 is 4.90 Å². The fourth-order valence-corrected chi connectivity index (χ4v) is 1.28. The molecule has 0 N–H and O–H groups in total. The van der Waals surface area contributed by atoms with Crippen molar-refractivity contribution in [1.82, 2.24) is 4.98 Å². The molecule has 1 rings (SSSR count). The molecule has 0 saturated heterocycles. The molecule has 0 saturated carbocycles. The molecule has 0 fully saturated rings. The average molecular weight is 192 g/mol. The van der Waals surface area contributed by atoms with Crippen molar-refractivity contribution in [1.29, 1.82) is 0 Å². The number of anilines is 1. The maximum Gasteiger partial charge on any atom is 0.164 e. The van der Waals surface area contributed by atoms with Gasteiger partial charge in [0.2, 0.25) is 0 Å². The Morgan fingerprint density at radius 2 is 2.07 bits per heavy atom. The minimum atomic E-state index is 0.153. The first-order valence-corrected chi connectivity index (χ1v) is 4.74. The van der Waals surface area contributed by atoms with Gasteiger partial charge in [-0.25, -0.2) is 4.98 Å². The molecule has 0 spiro atoms. The van der Waals surface area contributed by atoms with Gasteiger partial charge in [0.25, 0.3) is 0 Å². The van der Waals surface area contributed by atoms with Crippen LogP contribution in [-0.2, 0) is 0 Å². The van der Waals surface area contributed by atoms with Crippen molar-refractivity contribution in [2.75, 3.05) is 19.0 Å². The number of hydrogen-bond donors (Lipinski definition) is 0. The molecule has 1 aromatic heterocycles. The maximum absolute atomic E-state index is 11.5. The third-order valence-corrected chi connectivity index (χ3v) is 2.15. The van der Waals surface area contributed by atoms with Gasteiger partial charge in [0, 0.05) is 26.1 Å². The van der Waals surface area contributed by atoms with Gasteiger partial charge in [0.05, 0.1) is 5.69 Å². The quantitative estimate of drug-likeness (QED) is 0.687. The molecule has 0 aromatic carbocycles. The summed E-state index contributed by atoms with van der Waals surface area (Å²) < 4.78 is 0. The molecule has 0 aliphatic rings. The van der Waals surface area contributed by atoms with Gasteiger partial charge in [-0.05, 0) is 19.1 Å². The lowest BCUT2D eigenvalue weighted by Gasteiger charge is -2.12. The maximum atomic E-state index is 11.5. The number of rotatable bonds is 3. The molecule has 3 nitrogen and oxygen atoms in total. The molecule has 0 aliphatic heterocycles. The molecule has 0 radical (unpaired) electrons. The summed E-state index contributed by atoms with van der Waals surface area (Å²) in [6.07, 6.45) is 0.532. The zero-order valence-corrected chi connectivity index (χ0v) is 9.16. The van der Waals surface area contributed by atoms with Gasteiger partial charge in [-0.15, -0.1) is 0 Å². The van der Waals surface area contributed by atoms with Gasteiger partial charge in [-0.1, -0.05) is 6.92 Å². The van der Waals surface area contributed by atoms with Crippen LogP contribution < -0.4 is 4.90 Å². The highest BCUT2D eigenvalue weighted by Crippen LogP contribution is 2.13. The van der Waals surface area contributed by atoms with Crippen LogP contribution in [0.25, 0.3) is 0 Å². The molecule has 0 unspecified atom stereocenters. The largest absolute Gasteiger partial charge is 0.363 e. The number of pyridine rings is 1. The topological polar surface area (TPSA) is 33.2 Å². The van der Waals surface area contributed by atoms with E-state index in [2.05, 4.69) is 4.98 Å². The van der Waals surface area contributed by atoms with Crippen LogP contribution >= 0.6 is 0 Å². The van der Waals surface area contributed by atoms with Crippen molar-refractivity contribution in [2.45, 2.75) is 20.3 Å². The Kier molecular flexibility index (Phi) is 3.23. The molecule has 1 aromatic rings. The molecular formula is C11H16N2O. The average Bonchev–Trinajstić information content (AvgIpc) is 2.16. The Hall–Kier alpha value is -1.38. The number of aryl methyl sites for hydroxylation is 1. The van der Waals surface area contributed by atoms with Crippen LogP contribution in [0.3, 0.4) is 0 Å². The Morgan fingerprint density at radius 3 is 2.50 bits per heavy atom. The van der Waals surface area contributed by atoms with Gasteiger partial charge in [-0.2, -0.15) is 0 Å². The number of nitrogens with zero attached hydrogens (tertiary/aromatic N) is 2. The molecule has 3 heteroatoms. The van der Waals surface area contributed by atoms with Crippen LogP contribution in [0.1, 0.15) is 29.4 Å². The number of aromatic nitrogens is 1. The fourth-order valence-electron chi connectivity index (χ4n) is 1.28. The number of carbonyl (C=O) groups excluding carboxylic acids is 1. The van der Waals surface area contributed by atoms with E-state index in [1.54, 1.807) is 0 Å². The first kappa shape index (κ1) is 10.7. The predicted molar refractivity (Wildman–Crippen MR) is 57.9 cm³/mol. The van der Waals surface area contributed by atoms with E-state index in [9.17, 15) is 4.79 Å². The highest BCUT2D eigenvalue weighted by Gasteiger charge is 2.08. The summed E-state index contributed by atoms with van der Waals surface area (Å²) in [6, 6.07) is 3.72. The molecule has 0 amide bonds. The summed E-state index contributed by atoms with van der Waals surface area (Å²) in [5, 5.41) is 0. The third-order valence-electron chi connectivity index (χ3n) is 2.15. The van der Waals surface area contributed by atoms with E-state index in [-0.39, 0.29) is 5.78 Å². The van der Waals surface area contributed by atoms with E-state index in [4.69, 9.17) is 0 Å². The van der Waals surface area contributed by atoms with Gasteiger partial charge in [0.1, 0.15) is 5.82 Å². The molecule has 14 heavy (non-hydrogen) atoms. The summed E-state index contributed by atoms with van der Waals surface area (Å²) in [6.45, 7) is 3.73. The number of Topliss-reactive ketones (excluding diaryl/α,β-unsaturated/α-hetero) is 1. The van der Waals surface area contributed by atoms with Crippen molar-refractivity contribution in [3.63, 3.8) is 0 Å². The zero-order chi connectivity index (χ0) is 10.7. The standard InChI is InChI=1S/C11H16N2O/c1-5-10(14)9-6-7-11(13(3)4)12-8(9)2/h6-7H,5H2,1-4H3. The third kappa shape index (κ3) is 2.10. The zero-order valence-electron chi connectivity index (χ0n) is 9.16. The van der Waals surface area contributed by atoms with E-state index in [1.165, 1.54) is 0 Å². The van der Waals surface area contributed by atoms with Crippen molar-refractivity contribution in [2.24, 2.45) is 0 Å². The first-order valence-electron chi connectivity index (χ1n) is 4.74. The van der Waals surface area contributed by atoms with Gasteiger partial charge in [0.15, 0.2) is 5.78 Å². The Bertz CT molecular complexity index is 345. The van der Waals surface area contributed by atoms with Gasteiger partial charge in [-0.3, -0.25) is 4.79 Å². The molecular weight excluding hydrogens is 176 g/mol. The van der Waals surface area contributed by atoms with E-state index in [0.717, 1.165) is 17.1 Å². The second kappa shape index (κ2) is 4.22. The van der Waals surface area contributed by atoms with Crippen molar-refractivity contribution < 1.29 is 4.79 Å². The Labute approximate surface area is 84.8 Å². The SMILES string of the molecule is CCC(=O)c1ccc(N(C)C)nc1C. The van der Waals surface area contributed by atoms with Crippen molar-refractivity contribution in [3.8, 4) is 0 Å². The van der Waals surface area contributed by atoms with E-state index in [1.807, 2.05) is 45.0 Å². The lowest BCUT2D eigenvalue weighted by Crippen LogP contribution is -2.12. The number of ketones is 1. The lowest BCUT2D eigenvalue weighted by molar-refractivity contribution is 0.0987. The second-order valence-corrected chi connectivity index (χ2v) is 3.47. The van der Waals surface area contributed by atoms with Crippen molar-refractivity contribution >= 4 is 11.6 Å². The smallest absolute Gasteiger partial charge is 0.164 e. The van der Waals surface area contributed by atoms with E-state index in [0.29, 0.717) is 6.42 Å². The highest BCUT2D eigenvalue weighted by atomic mass is 16.1. The molecule has 76 valence electrons. The predicted octanol–water partition coefficient (Wildman–Crippen LogP) is 2.05. The van der Waals surface area contributed by atoms with Crippen LogP contribution in [0.2, 0.25) is 0 Å². The molecule has 1 heterocycles. The summed E-state index contributed by atoms with van der Waals surface area (Å²) in [5.41, 5.74) is 1.54. The summed E-state index contributed by atoms with van der Waals surface area (Å²) in [5.74, 6) is 1.04. The highest BCUT2D eigenvalue weighted by molar-refractivity contribution is 5.96. The minimum absolute atomic E-state index is 0.153.